The van der Waals surface area contributed by atoms with Crippen molar-refractivity contribution in [1.29, 1.82) is 0 Å². The summed E-state index contributed by atoms with van der Waals surface area (Å²) in [6.07, 6.45) is 0.568. The molecule has 0 bridgehead atoms. The quantitative estimate of drug-likeness (QED) is 0.743. The normalized spacial score (nSPS) is 18.4. The summed E-state index contributed by atoms with van der Waals surface area (Å²) in [5.41, 5.74) is -1.02. The number of hydrogen-bond donors (Lipinski definition) is 2. The van der Waals surface area contributed by atoms with Crippen molar-refractivity contribution >= 4 is 17.7 Å². The van der Waals surface area contributed by atoms with Crippen molar-refractivity contribution in [3.63, 3.8) is 0 Å². The topological polar surface area (TPSA) is 83.5 Å². The summed E-state index contributed by atoms with van der Waals surface area (Å²) in [7, 11) is 0. The average molecular weight is 387 g/mol. The van der Waals surface area contributed by atoms with Gasteiger partial charge < -0.3 is 10.4 Å². The molecule has 7 heteroatoms. The molecular formula is C21H19F2NO4. The van der Waals surface area contributed by atoms with E-state index in [4.69, 9.17) is 5.11 Å². The Balaban J connectivity index is 1.74. The number of benzene rings is 2. The monoisotopic (exact) mass is 387 g/mol. The molecule has 0 aromatic heterocycles. The third kappa shape index (κ3) is 3.78. The Labute approximate surface area is 160 Å². The summed E-state index contributed by atoms with van der Waals surface area (Å²) >= 11 is 0. The number of halogens is 2. The second-order valence-electron chi connectivity index (χ2n) is 7.41. The Morgan fingerprint density at radius 2 is 1.61 bits per heavy atom. The van der Waals surface area contributed by atoms with Gasteiger partial charge in [-0.2, -0.15) is 0 Å². The Bertz CT molecular complexity index is 933. The molecule has 0 radical (unpaired) electrons. The molecule has 2 N–H and O–H groups in total. The lowest BCUT2D eigenvalue weighted by Crippen LogP contribution is -2.50. The van der Waals surface area contributed by atoms with Crippen LogP contribution < -0.4 is 5.32 Å². The van der Waals surface area contributed by atoms with Gasteiger partial charge in [0.05, 0.1) is 11.5 Å². The summed E-state index contributed by atoms with van der Waals surface area (Å²) < 4.78 is 27.6. The maximum Gasteiger partial charge on any atom is 0.307 e. The largest absolute Gasteiger partial charge is 0.481 e. The lowest BCUT2D eigenvalue weighted by molar-refractivity contribution is -0.138. The minimum atomic E-state index is -1.41. The van der Waals surface area contributed by atoms with Crippen molar-refractivity contribution in [2.24, 2.45) is 5.92 Å². The van der Waals surface area contributed by atoms with Gasteiger partial charge in [-0.25, -0.2) is 8.78 Å². The Morgan fingerprint density at radius 1 is 1.04 bits per heavy atom. The first-order chi connectivity index (χ1) is 13.1. The van der Waals surface area contributed by atoms with Gasteiger partial charge in [0.25, 0.3) is 5.91 Å². The van der Waals surface area contributed by atoms with Crippen LogP contribution >= 0.6 is 0 Å². The Kier molecular flexibility index (Phi) is 5.02. The van der Waals surface area contributed by atoms with Crippen molar-refractivity contribution in [2.45, 2.75) is 31.7 Å². The summed E-state index contributed by atoms with van der Waals surface area (Å²) in [6.45, 7) is 2.89. The predicted octanol–water partition coefficient (Wildman–Crippen LogP) is 3.54. The van der Waals surface area contributed by atoms with Gasteiger partial charge in [0.2, 0.25) is 0 Å². The zero-order valence-electron chi connectivity index (χ0n) is 15.3. The van der Waals surface area contributed by atoms with Gasteiger partial charge in [0.15, 0.2) is 5.78 Å². The van der Waals surface area contributed by atoms with Crippen LogP contribution in [0.3, 0.4) is 0 Å². The molecule has 5 nitrogen and oxygen atoms in total. The highest BCUT2D eigenvalue weighted by atomic mass is 19.1. The molecule has 0 saturated heterocycles. The fourth-order valence-electron chi connectivity index (χ4n) is 3.20. The number of carboxylic acids is 1. The second-order valence-corrected chi connectivity index (χ2v) is 7.41. The molecule has 2 aromatic rings. The SMILES string of the molecule is CC(C)(NC(=O)c1c(F)cccc1F)C(=O)c1ccc([C@H]2C[C@@H]2C(=O)O)cc1. The number of hydrogen-bond acceptors (Lipinski definition) is 3. The molecule has 1 amide bonds. The lowest BCUT2D eigenvalue weighted by atomic mass is 9.91. The van der Waals surface area contributed by atoms with E-state index in [0.29, 0.717) is 12.0 Å². The number of carbonyl (C=O) groups is 3. The highest BCUT2D eigenvalue weighted by molar-refractivity contribution is 6.06. The van der Waals surface area contributed by atoms with Crippen molar-refractivity contribution in [3.8, 4) is 0 Å². The van der Waals surface area contributed by atoms with Gasteiger partial charge in [0, 0.05) is 5.56 Å². The highest BCUT2D eigenvalue weighted by Gasteiger charge is 2.44. The molecule has 146 valence electrons. The van der Waals surface area contributed by atoms with E-state index >= 15 is 0 Å². The van der Waals surface area contributed by atoms with E-state index in [2.05, 4.69) is 5.32 Å². The van der Waals surface area contributed by atoms with Crippen molar-refractivity contribution in [2.75, 3.05) is 0 Å². The van der Waals surface area contributed by atoms with Gasteiger partial charge in [0.1, 0.15) is 17.2 Å². The Morgan fingerprint density at radius 3 is 2.11 bits per heavy atom. The maximum atomic E-state index is 13.8. The van der Waals surface area contributed by atoms with Gasteiger partial charge in [-0.3, -0.25) is 14.4 Å². The third-order valence-corrected chi connectivity index (χ3v) is 4.89. The maximum absolute atomic E-state index is 13.8. The smallest absolute Gasteiger partial charge is 0.307 e. The van der Waals surface area contributed by atoms with Crippen molar-refractivity contribution in [1.82, 2.24) is 5.32 Å². The van der Waals surface area contributed by atoms with Gasteiger partial charge in [-0.05, 0) is 43.9 Å². The Hall–Kier alpha value is -3.09. The number of carboxylic acid groups (broad SMARTS) is 1. The van der Waals surface area contributed by atoms with E-state index in [0.717, 1.165) is 23.8 Å². The minimum absolute atomic E-state index is 0.0570. The van der Waals surface area contributed by atoms with Crippen LogP contribution in [0.5, 0.6) is 0 Å². The number of carbonyl (C=O) groups excluding carboxylic acids is 2. The summed E-state index contributed by atoms with van der Waals surface area (Å²) in [5.74, 6) is -4.77. The van der Waals surface area contributed by atoms with E-state index in [9.17, 15) is 23.2 Å². The van der Waals surface area contributed by atoms with Crippen molar-refractivity contribution in [3.05, 3.63) is 70.8 Å². The molecule has 1 aliphatic carbocycles. The molecule has 28 heavy (non-hydrogen) atoms. The van der Waals surface area contributed by atoms with E-state index in [1.807, 2.05) is 0 Å². The molecular weight excluding hydrogens is 368 g/mol. The van der Waals surface area contributed by atoms with Crippen LogP contribution in [0.1, 0.15) is 52.5 Å². The zero-order valence-corrected chi connectivity index (χ0v) is 15.3. The number of ketones is 1. The lowest BCUT2D eigenvalue weighted by Gasteiger charge is -2.25. The highest BCUT2D eigenvalue weighted by Crippen LogP contribution is 2.47. The molecule has 1 saturated carbocycles. The number of amides is 1. The van der Waals surface area contributed by atoms with Crippen molar-refractivity contribution < 1.29 is 28.3 Å². The first-order valence-electron chi connectivity index (χ1n) is 8.76. The molecule has 2 atom stereocenters. The standard InChI is InChI=1S/C21H19F2NO4/c1-21(2,24-19(26)17-15(22)4-3-5-16(17)23)18(25)12-8-6-11(7-9-12)13-10-14(13)20(27)28/h3-9,13-14H,10H2,1-2H3,(H,24,26)(H,27,28)/t13-,14+/m1/s1. The summed E-state index contributed by atoms with van der Waals surface area (Å²) in [5, 5.41) is 11.4. The molecule has 2 aromatic carbocycles. The first-order valence-corrected chi connectivity index (χ1v) is 8.76. The van der Waals surface area contributed by atoms with Crippen LogP contribution in [0.25, 0.3) is 0 Å². The minimum Gasteiger partial charge on any atom is -0.481 e. The van der Waals surface area contributed by atoms with E-state index in [1.165, 1.54) is 13.8 Å². The number of nitrogens with one attached hydrogen (secondary N) is 1. The molecule has 0 spiro atoms. The van der Waals surface area contributed by atoms with Gasteiger partial charge >= 0.3 is 5.97 Å². The molecule has 0 aliphatic heterocycles. The second kappa shape index (κ2) is 7.14. The average Bonchev–Trinajstić information content (AvgIpc) is 3.41. The molecule has 1 aliphatic rings. The van der Waals surface area contributed by atoms with E-state index in [-0.39, 0.29) is 5.92 Å². The van der Waals surface area contributed by atoms with Crippen LogP contribution in [-0.2, 0) is 4.79 Å². The number of Topliss-reactive ketones (excluding diaryl/α,β-unsaturated/α-hetero) is 1. The van der Waals surface area contributed by atoms with E-state index in [1.54, 1.807) is 24.3 Å². The number of rotatable bonds is 6. The van der Waals surface area contributed by atoms with Crippen LogP contribution in [0, 0.1) is 17.6 Å². The number of aliphatic carboxylic acids is 1. The molecule has 1 fully saturated rings. The summed E-state index contributed by atoms with van der Waals surface area (Å²) in [4.78, 5) is 36.0. The van der Waals surface area contributed by atoms with Crippen LogP contribution in [0.4, 0.5) is 8.78 Å². The van der Waals surface area contributed by atoms with Gasteiger partial charge in [-0.15, -0.1) is 0 Å². The predicted molar refractivity (Wildman–Crippen MR) is 97.2 cm³/mol. The fourth-order valence-corrected chi connectivity index (χ4v) is 3.20. The van der Waals surface area contributed by atoms with Crippen LogP contribution in [0.15, 0.2) is 42.5 Å². The fraction of sp³-hybridized carbons (Fsp3) is 0.286. The molecule has 0 heterocycles. The zero-order chi connectivity index (χ0) is 20.6. The summed E-state index contributed by atoms with van der Waals surface area (Å²) in [6, 6.07) is 9.58. The van der Waals surface area contributed by atoms with Crippen LogP contribution in [-0.4, -0.2) is 28.3 Å². The third-order valence-electron chi connectivity index (χ3n) is 4.89. The van der Waals surface area contributed by atoms with E-state index < -0.39 is 46.3 Å². The first kappa shape index (κ1) is 19.7. The molecule has 3 rings (SSSR count). The van der Waals surface area contributed by atoms with Gasteiger partial charge in [-0.1, -0.05) is 30.3 Å². The molecule has 0 unspecified atom stereocenters. The van der Waals surface area contributed by atoms with Crippen LogP contribution in [0.2, 0.25) is 0 Å².